The molecule has 0 atom stereocenters. The lowest BCUT2D eigenvalue weighted by molar-refractivity contribution is 0.0205. The zero-order valence-electron chi connectivity index (χ0n) is 13.7. The van der Waals surface area contributed by atoms with Crippen LogP contribution in [0.3, 0.4) is 0 Å². The van der Waals surface area contributed by atoms with Crippen molar-refractivity contribution in [3.8, 4) is 0 Å². The number of likely N-dealkylation sites (tertiary alicyclic amines) is 1. The molecule has 0 aliphatic carbocycles. The highest BCUT2D eigenvalue weighted by Crippen LogP contribution is 2.33. The van der Waals surface area contributed by atoms with Crippen LogP contribution in [-0.2, 0) is 4.74 Å². The van der Waals surface area contributed by atoms with E-state index in [1.165, 1.54) is 5.56 Å². The third kappa shape index (κ3) is 3.68. The number of carbonyl (C=O) groups excluding carboxylic acids is 1. The van der Waals surface area contributed by atoms with Gasteiger partial charge in [-0.25, -0.2) is 4.79 Å². The predicted molar refractivity (Wildman–Crippen MR) is 93.6 cm³/mol. The Kier molecular flexibility index (Phi) is 4.36. The van der Waals surface area contributed by atoms with Crippen LogP contribution in [0.25, 0.3) is 11.0 Å². The van der Waals surface area contributed by atoms with Gasteiger partial charge in [0, 0.05) is 30.0 Å². The summed E-state index contributed by atoms with van der Waals surface area (Å²) in [5.74, 6) is 0.427. The molecule has 0 bridgehead atoms. The summed E-state index contributed by atoms with van der Waals surface area (Å²) >= 11 is 3.44. The van der Waals surface area contributed by atoms with E-state index < -0.39 is 5.60 Å². The highest BCUT2D eigenvalue weighted by Gasteiger charge is 2.28. The molecular formula is C17H22BrN3O2. The van der Waals surface area contributed by atoms with Gasteiger partial charge in [0.1, 0.15) is 5.60 Å². The van der Waals surface area contributed by atoms with Crippen molar-refractivity contribution in [1.29, 1.82) is 0 Å². The van der Waals surface area contributed by atoms with Crippen molar-refractivity contribution in [3.63, 3.8) is 0 Å². The quantitative estimate of drug-likeness (QED) is 0.796. The molecule has 124 valence electrons. The molecule has 1 amide bonds. The van der Waals surface area contributed by atoms with E-state index in [0.717, 1.165) is 41.4 Å². The van der Waals surface area contributed by atoms with Crippen LogP contribution in [0.1, 0.15) is 45.1 Å². The van der Waals surface area contributed by atoms with Gasteiger partial charge in [-0.15, -0.1) is 0 Å². The van der Waals surface area contributed by atoms with E-state index in [1.807, 2.05) is 33.0 Å². The molecule has 1 N–H and O–H groups in total. The molecule has 1 fully saturated rings. The molecule has 0 unspecified atom stereocenters. The number of piperidine rings is 1. The number of aromatic amines is 1. The molecule has 23 heavy (non-hydrogen) atoms. The highest BCUT2D eigenvalue weighted by atomic mass is 79.9. The van der Waals surface area contributed by atoms with E-state index in [1.54, 1.807) is 4.90 Å². The summed E-state index contributed by atoms with van der Waals surface area (Å²) in [5.41, 5.74) is 2.88. The minimum absolute atomic E-state index is 0.211. The number of nitrogens with zero attached hydrogens (tertiary/aromatic N) is 2. The van der Waals surface area contributed by atoms with E-state index in [-0.39, 0.29) is 6.09 Å². The molecule has 3 heterocycles. The van der Waals surface area contributed by atoms with Crippen LogP contribution < -0.4 is 0 Å². The number of nitrogens with one attached hydrogen (secondary N) is 1. The number of hydrogen-bond donors (Lipinski definition) is 1. The molecule has 5 nitrogen and oxygen atoms in total. The molecule has 2 aromatic heterocycles. The van der Waals surface area contributed by atoms with Gasteiger partial charge < -0.3 is 14.6 Å². The fraction of sp³-hybridized carbons (Fsp3) is 0.529. The Hall–Kier alpha value is -1.56. The summed E-state index contributed by atoms with van der Waals surface area (Å²) < 4.78 is 6.42. The van der Waals surface area contributed by atoms with Gasteiger partial charge in [-0.3, -0.25) is 4.98 Å². The fourth-order valence-electron chi connectivity index (χ4n) is 3.01. The van der Waals surface area contributed by atoms with Gasteiger partial charge in [-0.2, -0.15) is 0 Å². The third-order valence-electron chi connectivity index (χ3n) is 4.10. The van der Waals surface area contributed by atoms with Crippen molar-refractivity contribution in [2.75, 3.05) is 13.1 Å². The molecular weight excluding hydrogens is 358 g/mol. The number of ether oxygens (including phenoxy) is 1. The summed E-state index contributed by atoms with van der Waals surface area (Å²) in [5, 5.41) is 0. The van der Waals surface area contributed by atoms with Crippen LogP contribution in [0.2, 0.25) is 0 Å². The normalized spacial score (nSPS) is 16.8. The Morgan fingerprint density at radius 2 is 2.09 bits per heavy atom. The maximum Gasteiger partial charge on any atom is 0.410 e. The molecule has 0 saturated carbocycles. The number of H-pyrrole nitrogens is 1. The van der Waals surface area contributed by atoms with E-state index >= 15 is 0 Å². The first-order chi connectivity index (χ1) is 10.8. The number of carbonyl (C=O) groups is 1. The molecule has 6 heteroatoms. The van der Waals surface area contributed by atoms with Gasteiger partial charge in [0.2, 0.25) is 0 Å². The number of amides is 1. The van der Waals surface area contributed by atoms with Crippen molar-refractivity contribution in [1.82, 2.24) is 14.9 Å². The number of pyridine rings is 1. The second-order valence-corrected chi connectivity index (χ2v) is 7.95. The molecule has 1 aliphatic heterocycles. The summed E-state index contributed by atoms with van der Waals surface area (Å²) in [7, 11) is 0. The maximum absolute atomic E-state index is 12.1. The van der Waals surface area contributed by atoms with Crippen molar-refractivity contribution in [2.45, 2.75) is 45.1 Å². The molecule has 1 saturated heterocycles. The predicted octanol–water partition coefficient (Wildman–Crippen LogP) is 4.44. The summed E-state index contributed by atoms with van der Waals surface area (Å²) in [6.07, 6.45) is 5.54. The smallest absolute Gasteiger partial charge is 0.410 e. The number of fused-ring (bicyclic) bond motifs is 1. The first-order valence-electron chi connectivity index (χ1n) is 7.94. The molecule has 2 aromatic rings. The summed E-state index contributed by atoms with van der Waals surface area (Å²) in [6.45, 7) is 7.14. The van der Waals surface area contributed by atoms with Crippen LogP contribution in [0, 0.1) is 0 Å². The number of aromatic nitrogens is 2. The lowest BCUT2D eigenvalue weighted by Gasteiger charge is -2.33. The number of rotatable bonds is 1. The zero-order chi connectivity index (χ0) is 16.6. The molecule has 0 radical (unpaired) electrons. The van der Waals surface area contributed by atoms with Crippen LogP contribution in [0.4, 0.5) is 4.79 Å². The van der Waals surface area contributed by atoms with Gasteiger partial charge in [0.15, 0.2) is 0 Å². The monoisotopic (exact) mass is 379 g/mol. The number of hydrogen-bond acceptors (Lipinski definition) is 3. The molecule has 3 rings (SSSR count). The van der Waals surface area contributed by atoms with Crippen molar-refractivity contribution < 1.29 is 9.53 Å². The SMILES string of the molecule is CC(C)(C)OC(=O)N1CCC(c2c[nH]c3cc(Br)cnc23)CC1. The van der Waals surface area contributed by atoms with Gasteiger partial charge in [-0.1, -0.05) is 0 Å². The number of halogens is 1. The minimum atomic E-state index is -0.442. The Morgan fingerprint density at radius 1 is 1.39 bits per heavy atom. The van der Waals surface area contributed by atoms with E-state index in [4.69, 9.17) is 4.74 Å². The largest absolute Gasteiger partial charge is 0.444 e. The Morgan fingerprint density at radius 3 is 2.74 bits per heavy atom. The second-order valence-electron chi connectivity index (χ2n) is 7.04. The average molecular weight is 380 g/mol. The topological polar surface area (TPSA) is 58.2 Å². The molecule has 0 spiro atoms. The van der Waals surface area contributed by atoms with Gasteiger partial charge >= 0.3 is 6.09 Å². The average Bonchev–Trinajstić information content (AvgIpc) is 2.88. The van der Waals surface area contributed by atoms with Crippen molar-refractivity contribution in [3.05, 3.63) is 28.5 Å². The van der Waals surface area contributed by atoms with Crippen LogP contribution in [-0.4, -0.2) is 39.7 Å². The molecule has 0 aromatic carbocycles. The van der Waals surface area contributed by atoms with E-state index in [0.29, 0.717) is 5.92 Å². The van der Waals surface area contributed by atoms with Crippen LogP contribution in [0.15, 0.2) is 22.9 Å². The van der Waals surface area contributed by atoms with Crippen LogP contribution >= 0.6 is 15.9 Å². The van der Waals surface area contributed by atoms with Gasteiger partial charge in [0.05, 0.1) is 11.0 Å². The fourth-order valence-corrected chi connectivity index (χ4v) is 3.35. The second kappa shape index (κ2) is 6.15. The first-order valence-corrected chi connectivity index (χ1v) is 8.73. The maximum atomic E-state index is 12.1. The lowest BCUT2D eigenvalue weighted by Crippen LogP contribution is -2.41. The minimum Gasteiger partial charge on any atom is -0.444 e. The van der Waals surface area contributed by atoms with E-state index in [2.05, 4.69) is 32.1 Å². The van der Waals surface area contributed by atoms with Crippen molar-refractivity contribution >= 4 is 33.1 Å². The van der Waals surface area contributed by atoms with Gasteiger partial charge in [-0.05, 0) is 67.1 Å². The Balaban J connectivity index is 1.67. The summed E-state index contributed by atoms with van der Waals surface area (Å²) in [6, 6.07) is 2.04. The van der Waals surface area contributed by atoms with Gasteiger partial charge in [0.25, 0.3) is 0 Å². The molecule has 1 aliphatic rings. The van der Waals surface area contributed by atoms with E-state index in [9.17, 15) is 4.79 Å². The van der Waals surface area contributed by atoms with Crippen molar-refractivity contribution in [2.24, 2.45) is 0 Å². The lowest BCUT2D eigenvalue weighted by atomic mass is 9.90. The summed E-state index contributed by atoms with van der Waals surface area (Å²) in [4.78, 5) is 21.8. The third-order valence-corrected chi connectivity index (χ3v) is 4.53. The standard InChI is InChI=1S/C17H22BrN3O2/c1-17(2,3)23-16(22)21-6-4-11(5-7-21)13-10-19-14-8-12(18)9-20-15(13)14/h8-11,19H,4-7H2,1-3H3. The Bertz CT molecular complexity index is 712. The zero-order valence-corrected chi connectivity index (χ0v) is 15.3. The highest BCUT2D eigenvalue weighted by molar-refractivity contribution is 9.10. The van der Waals surface area contributed by atoms with Crippen LogP contribution in [0.5, 0.6) is 0 Å². The Labute approximate surface area is 144 Å². The first kappa shape index (κ1) is 16.3.